The number of nitrogens with two attached hydrogens (primary N) is 1. The maximum absolute atomic E-state index is 12.0. The maximum Gasteiger partial charge on any atom is 0.410 e. The molecule has 6 heteroatoms. The van der Waals surface area contributed by atoms with E-state index < -0.39 is 5.60 Å². The van der Waals surface area contributed by atoms with Crippen LogP contribution >= 0.6 is 0 Å². The van der Waals surface area contributed by atoms with Gasteiger partial charge in [-0.2, -0.15) is 0 Å². The monoisotopic (exact) mass is 269 g/mol. The van der Waals surface area contributed by atoms with Crippen LogP contribution in [0.5, 0.6) is 0 Å². The largest absolute Gasteiger partial charge is 0.444 e. The molecule has 0 aromatic carbocycles. The van der Waals surface area contributed by atoms with E-state index in [2.05, 4.69) is 0 Å². The van der Waals surface area contributed by atoms with Crippen molar-refractivity contribution in [1.29, 1.82) is 0 Å². The lowest BCUT2D eigenvalue weighted by Gasteiger charge is -2.46. The van der Waals surface area contributed by atoms with E-state index in [1.807, 2.05) is 25.7 Å². The van der Waals surface area contributed by atoms with Crippen molar-refractivity contribution < 1.29 is 14.3 Å². The number of ether oxygens (including phenoxy) is 1. The lowest BCUT2D eigenvalue weighted by Crippen LogP contribution is -2.64. The number of nitrogens with zero attached hydrogens (tertiary/aromatic N) is 2. The SMILES string of the molecule is CC(C)(C)OC(=O)N1CCN2C(=O)CCC(N)C2C1. The number of piperazine rings is 1. The first-order valence-electron chi connectivity index (χ1n) is 6.81. The van der Waals surface area contributed by atoms with Gasteiger partial charge in [-0.15, -0.1) is 0 Å². The fourth-order valence-electron chi connectivity index (χ4n) is 2.60. The van der Waals surface area contributed by atoms with Gasteiger partial charge in [-0.05, 0) is 27.2 Å². The van der Waals surface area contributed by atoms with Gasteiger partial charge in [-0.3, -0.25) is 4.79 Å². The number of fused-ring (bicyclic) bond motifs is 1. The first-order chi connectivity index (χ1) is 8.78. The second-order valence-electron chi connectivity index (χ2n) is 6.28. The number of piperidine rings is 1. The van der Waals surface area contributed by atoms with Gasteiger partial charge >= 0.3 is 6.09 Å². The molecule has 2 unspecified atom stereocenters. The van der Waals surface area contributed by atoms with Crippen LogP contribution in [0, 0.1) is 0 Å². The van der Waals surface area contributed by atoms with Crippen LogP contribution in [0.3, 0.4) is 0 Å². The number of carbonyl (C=O) groups is 2. The molecule has 2 N–H and O–H groups in total. The van der Waals surface area contributed by atoms with E-state index >= 15 is 0 Å². The second kappa shape index (κ2) is 5.00. The average molecular weight is 269 g/mol. The molecule has 6 nitrogen and oxygen atoms in total. The molecule has 2 aliphatic heterocycles. The summed E-state index contributed by atoms with van der Waals surface area (Å²) in [7, 11) is 0. The number of hydrogen-bond donors (Lipinski definition) is 1. The lowest BCUT2D eigenvalue weighted by atomic mass is 9.94. The summed E-state index contributed by atoms with van der Waals surface area (Å²) in [5, 5.41) is 0. The Morgan fingerprint density at radius 1 is 1.37 bits per heavy atom. The Kier molecular flexibility index (Phi) is 3.71. The summed E-state index contributed by atoms with van der Waals surface area (Å²) < 4.78 is 5.36. The van der Waals surface area contributed by atoms with Crippen molar-refractivity contribution in [2.75, 3.05) is 19.6 Å². The predicted molar refractivity (Wildman–Crippen MR) is 70.5 cm³/mol. The Morgan fingerprint density at radius 2 is 2.05 bits per heavy atom. The molecule has 2 rings (SSSR count). The standard InChI is InChI=1S/C13H23N3O3/c1-13(2,3)19-12(18)15-6-7-16-10(8-15)9(14)4-5-11(16)17/h9-10H,4-8,14H2,1-3H3. The van der Waals surface area contributed by atoms with Gasteiger partial charge in [0.1, 0.15) is 5.60 Å². The van der Waals surface area contributed by atoms with Crippen molar-refractivity contribution in [2.24, 2.45) is 5.73 Å². The molecule has 0 bridgehead atoms. The number of carbonyl (C=O) groups excluding carboxylic acids is 2. The highest BCUT2D eigenvalue weighted by Gasteiger charge is 2.39. The van der Waals surface area contributed by atoms with Crippen molar-refractivity contribution in [3.05, 3.63) is 0 Å². The van der Waals surface area contributed by atoms with Gasteiger partial charge in [-0.25, -0.2) is 4.79 Å². The highest BCUT2D eigenvalue weighted by molar-refractivity contribution is 5.78. The quantitative estimate of drug-likeness (QED) is 0.697. The van der Waals surface area contributed by atoms with Gasteiger partial charge < -0.3 is 20.3 Å². The maximum atomic E-state index is 12.0. The molecule has 0 aromatic rings. The fourth-order valence-corrected chi connectivity index (χ4v) is 2.60. The van der Waals surface area contributed by atoms with E-state index in [0.29, 0.717) is 32.5 Å². The molecule has 2 fully saturated rings. The van der Waals surface area contributed by atoms with Crippen LogP contribution < -0.4 is 5.73 Å². The van der Waals surface area contributed by atoms with Crippen LogP contribution in [0.1, 0.15) is 33.6 Å². The van der Waals surface area contributed by atoms with Gasteiger partial charge in [0.15, 0.2) is 0 Å². The first-order valence-corrected chi connectivity index (χ1v) is 6.81. The average Bonchev–Trinajstić information content (AvgIpc) is 2.31. The molecule has 0 saturated carbocycles. The predicted octanol–water partition coefficient (Wildman–Crippen LogP) is 0.555. The van der Waals surface area contributed by atoms with Crippen LogP contribution in [0.25, 0.3) is 0 Å². The minimum Gasteiger partial charge on any atom is -0.444 e. The van der Waals surface area contributed by atoms with Crippen molar-refractivity contribution in [2.45, 2.75) is 51.3 Å². The summed E-state index contributed by atoms with van der Waals surface area (Å²) in [4.78, 5) is 27.3. The summed E-state index contributed by atoms with van der Waals surface area (Å²) in [6.45, 7) is 7.08. The van der Waals surface area contributed by atoms with Crippen molar-refractivity contribution in [1.82, 2.24) is 9.80 Å². The first kappa shape index (κ1) is 14.1. The smallest absolute Gasteiger partial charge is 0.410 e. The van der Waals surface area contributed by atoms with Crippen molar-refractivity contribution in [3.8, 4) is 0 Å². The Bertz CT molecular complexity index is 378. The molecule has 2 amide bonds. The molecule has 2 atom stereocenters. The van der Waals surface area contributed by atoms with E-state index in [-0.39, 0.29) is 24.1 Å². The van der Waals surface area contributed by atoms with Gasteiger partial charge in [0.2, 0.25) is 5.91 Å². The zero-order chi connectivity index (χ0) is 14.2. The van der Waals surface area contributed by atoms with Crippen LogP contribution in [0.2, 0.25) is 0 Å². The third-order valence-corrected chi connectivity index (χ3v) is 3.58. The number of hydrogen-bond acceptors (Lipinski definition) is 4. The van der Waals surface area contributed by atoms with E-state index in [1.165, 1.54) is 0 Å². The van der Waals surface area contributed by atoms with Gasteiger partial charge in [0.05, 0.1) is 6.04 Å². The van der Waals surface area contributed by atoms with E-state index in [9.17, 15) is 9.59 Å². The molecule has 108 valence electrons. The number of rotatable bonds is 0. The zero-order valence-corrected chi connectivity index (χ0v) is 11.9. The Balaban J connectivity index is 2.00. The molecular weight excluding hydrogens is 246 g/mol. The summed E-state index contributed by atoms with van der Waals surface area (Å²) in [5.41, 5.74) is 5.57. The summed E-state index contributed by atoms with van der Waals surface area (Å²) in [6.07, 6.45) is 0.893. The molecule has 2 aliphatic rings. The fraction of sp³-hybridized carbons (Fsp3) is 0.846. The Labute approximate surface area is 113 Å². The highest BCUT2D eigenvalue weighted by atomic mass is 16.6. The molecule has 2 saturated heterocycles. The van der Waals surface area contributed by atoms with Crippen molar-refractivity contribution >= 4 is 12.0 Å². The van der Waals surface area contributed by atoms with Crippen LogP contribution in [-0.2, 0) is 9.53 Å². The van der Waals surface area contributed by atoms with E-state index in [4.69, 9.17) is 10.5 Å². The summed E-state index contributed by atoms with van der Waals surface area (Å²) >= 11 is 0. The van der Waals surface area contributed by atoms with Gasteiger partial charge in [0, 0.05) is 32.1 Å². The Morgan fingerprint density at radius 3 is 2.68 bits per heavy atom. The van der Waals surface area contributed by atoms with Crippen LogP contribution in [0.15, 0.2) is 0 Å². The Hall–Kier alpha value is -1.30. The second-order valence-corrected chi connectivity index (χ2v) is 6.28. The van der Waals surface area contributed by atoms with Crippen molar-refractivity contribution in [3.63, 3.8) is 0 Å². The van der Waals surface area contributed by atoms with E-state index in [1.54, 1.807) is 4.90 Å². The highest BCUT2D eigenvalue weighted by Crippen LogP contribution is 2.22. The molecule has 0 aliphatic carbocycles. The minimum atomic E-state index is -0.501. The third-order valence-electron chi connectivity index (χ3n) is 3.58. The molecule has 2 heterocycles. The molecule has 0 radical (unpaired) electrons. The third kappa shape index (κ3) is 3.18. The topological polar surface area (TPSA) is 75.9 Å². The number of amides is 2. The zero-order valence-electron chi connectivity index (χ0n) is 11.9. The molecule has 0 spiro atoms. The normalized spacial score (nSPS) is 28.1. The summed E-state index contributed by atoms with van der Waals surface area (Å²) in [6, 6.07) is -0.120. The summed E-state index contributed by atoms with van der Waals surface area (Å²) in [5.74, 6) is 0.149. The molecular formula is C13H23N3O3. The molecule has 0 aromatic heterocycles. The minimum absolute atomic E-state index is 0.0528. The van der Waals surface area contributed by atoms with E-state index in [0.717, 1.165) is 0 Å². The van der Waals surface area contributed by atoms with Crippen LogP contribution in [0.4, 0.5) is 4.79 Å². The molecule has 19 heavy (non-hydrogen) atoms. The van der Waals surface area contributed by atoms with Crippen LogP contribution in [-0.4, -0.2) is 59.1 Å². The lowest BCUT2D eigenvalue weighted by molar-refractivity contribution is -0.140. The van der Waals surface area contributed by atoms with Gasteiger partial charge in [-0.1, -0.05) is 0 Å². The van der Waals surface area contributed by atoms with Gasteiger partial charge in [0.25, 0.3) is 0 Å².